The molecule has 3 atom stereocenters. The zero-order chi connectivity index (χ0) is 17.0. The van der Waals surface area contributed by atoms with E-state index in [2.05, 4.69) is 27.9 Å². The maximum atomic E-state index is 11.3. The number of nitrogens with zero attached hydrogens (tertiary/aromatic N) is 1. The Kier molecular flexibility index (Phi) is 7.79. The Morgan fingerprint density at radius 1 is 1.32 bits per heavy atom. The number of ether oxygens (including phenoxy) is 1. The predicted molar refractivity (Wildman–Crippen MR) is 110 cm³/mol. The molecular formula is C18H33IN4O2. The van der Waals surface area contributed by atoms with Gasteiger partial charge in [0.1, 0.15) is 0 Å². The second kappa shape index (κ2) is 9.39. The minimum atomic E-state index is 0. The highest BCUT2D eigenvalue weighted by atomic mass is 127. The molecule has 3 unspecified atom stereocenters. The summed E-state index contributed by atoms with van der Waals surface area (Å²) in [6, 6.07) is 0.706. The normalized spacial score (nSPS) is 31.5. The van der Waals surface area contributed by atoms with Crippen LogP contribution in [0.25, 0.3) is 0 Å². The molecule has 2 saturated carbocycles. The Morgan fingerprint density at radius 3 is 2.68 bits per heavy atom. The van der Waals surface area contributed by atoms with Gasteiger partial charge in [-0.25, -0.2) is 0 Å². The average molecular weight is 464 g/mol. The average Bonchev–Trinajstić information content (AvgIpc) is 2.62. The van der Waals surface area contributed by atoms with Crippen LogP contribution in [-0.2, 0) is 9.53 Å². The van der Waals surface area contributed by atoms with Gasteiger partial charge in [-0.15, -0.1) is 24.0 Å². The minimum Gasteiger partial charge on any atom is -0.378 e. The van der Waals surface area contributed by atoms with E-state index in [0.717, 1.165) is 25.4 Å². The summed E-state index contributed by atoms with van der Waals surface area (Å²) in [6.07, 6.45) is 9.39. The first-order valence-corrected chi connectivity index (χ1v) is 9.56. The molecule has 1 saturated heterocycles. The number of halogens is 1. The molecule has 3 fully saturated rings. The summed E-state index contributed by atoms with van der Waals surface area (Å²) < 4.78 is 6.03. The standard InChI is InChI=1S/C18H32N4O2.HI/c1-3-24-15-11-14(18(15)9-5-4-6-10-18)22-17(19-2)21-13-7-8-16(23)20-12-13;/h13-15H,3-12H2,1-2H3,(H,20,23)(H2,19,21,22);1H. The maximum absolute atomic E-state index is 11.3. The molecule has 3 aliphatic rings. The zero-order valence-corrected chi connectivity index (χ0v) is 17.8. The Hall–Kier alpha value is -0.570. The highest BCUT2D eigenvalue weighted by Crippen LogP contribution is 2.53. The summed E-state index contributed by atoms with van der Waals surface area (Å²) in [5, 5.41) is 10.1. The van der Waals surface area contributed by atoms with E-state index in [4.69, 9.17) is 4.74 Å². The SMILES string of the molecule is CCOC1CC(NC(=NC)NC2CCC(=O)NC2)C12CCCCC2.I. The lowest BCUT2D eigenvalue weighted by Crippen LogP contribution is -2.67. The van der Waals surface area contributed by atoms with Gasteiger partial charge < -0.3 is 20.7 Å². The number of nitrogens with one attached hydrogen (secondary N) is 3. The van der Waals surface area contributed by atoms with Crippen molar-refractivity contribution in [3.05, 3.63) is 0 Å². The number of guanidine groups is 1. The molecule has 144 valence electrons. The van der Waals surface area contributed by atoms with Crippen LogP contribution in [0, 0.1) is 5.41 Å². The highest BCUT2D eigenvalue weighted by Gasteiger charge is 2.55. The van der Waals surface area contributed by atoms with Gasteiger partial charge in [-0.2, -0.15) is 0 Å². The molecule has 0 radical (unpaired) electrons. The Morgan fingerprint density at radius 2 is 2.08 bits per heavy atom. The fraction of sp³-hybridized carbons (Fsp3) is 0.889. The van der Waals surface area contributed by atoms with E-state index < -0.39 is 0 Å². The van der Waals surface area contributed by atoms with Gasteiger partial charge in [0, 0.05) is 44.1 Å². The van der Waals surface area contributed by atoms with Crippen molar-refractivity contribution >= 4 is 35.8 Å². The Bertz CT molecular complexity index is 470. The summed E-state index contributed by atoms with van der Waals surface area (Å²) in [7, 11) is 1.82. The van der Waals surface area contributed by atoms with Crippen LogP contribution in [0.1, 0.15) is 58.3 Å². The van der Waals surface area contributed by atoms with Crippen molar-refractivity contribution in [1.82, 2.24) is 16.0 Å². The zero-order valence-electron chi connectivity index (χ0n) is 15.5. The summed E-state index contributed by atoms with van der Waals surface area (Å²) in [5.41, 5.74) is 0.284. The van der Waals surface area contributed by atoms with Crippen LogP contribution >= 0.6 is 24.0 Å². The summed E-state index contributed by atoms with van der Waals surface area (Å²) in [6.45, 7) is 3.57. The summed E-state index contributed by atoms with van der Waals surface area (Å²) in [4.78, 5) is 15.7. The largest absolute Gasteiger partial charge is 0.378 e. The van der Waals surface area contributed by atoms with Gasteiger partial charge in [0.2, 0.25) is 5.91 Å². The topological polar surface area (TPSA) is 74.8 Å². The van der Waals surface area contributed by atoms with Crippen molar-refractivity contribution < 1.29 is 9.53 Å². The summed E-state index contributed by atoms with van der Waals surface area (Å²) in [5.74, 6) is 1.01. The van der Waals surface area contributed by atoms with Crippen molar-refractivity contribution in [3.63, 3.8) is 0 Å². The quantitative estimate of drug-likeness (QED) is 0.339. The number of hydrogen-bond donors (Lipinski definition) is 3. The molecule has 0 bridgehead atoms. The van der Waals surface area contributed by atoms with Gasteiger partial charge in [-0.05, 0) is 32.6 Å². The molecule has 2 aliphatic carbocycles. The van der Waals surface area contributed by atoms with Crippen LogP contribution in [0.15, 0.2) is 4.99 Å². The van der Waals surface area contributed by atoms with Gasteiger partial charge in [0.25, 0.3) is 0 Å². The monoisotopic (exact) mass is 464 g/mol. The molecule has 3 rings (SSSR count). The number of hydrogen-bond acceptors (Lipinski definition) is 3. The van der Waals surface area contributed by atoms with E-state index in [1.807, 2.05) is 7.05 Å². The highest BCUT2D eigenvalue weighted by molar-refractivity contribution is 14.0. The van der Waals surface area contributed by atoms with E-state index >= 15 is 0 Å². The van der Waals surface area contributed by atoms with Crippen molar-refractivity contribution in [2.45, 2.75) is 76.5 Å². The second-order valence-corrected chi connectivity index (χ2v) is 7.43. The first-order valence-electron chi connectivity index (χ1n) is 9.56. The molecule has 3 N–H and O–H groups in total. The molecule has 1 amide bonds. The molecule has 0 aromatic rings. The van der Waals surface area contributed by atoms with E-state index in [-0.39, 0.29) is 41.3 Å². The molecule has 0 aromatic carbocycles. The lowest BCUT2D eigenvalue weighted by molar-refractivity contribution is -0.145. The van der Waals surface area contributed by atoms with Gasteiger partial charge in [-0.3, -0.25) is 9.79 Å². The first-order chi connectivity index (χ1) is 11.7. The number of rotatable bonds is 4. The van der Waals surface area contributed by atoms with Crippen LogP contribution in [0.3, 0.4) is 0 Å². The van der Waals surface area contributed by atoms with E-state index in [0.29, 0.717) is 25.1 Å². The Labute approximate surface area is 168 Å². The molecular weight excluding hydrogens is 431 g/mol. The fourth-order valence-corrected chi connectivity index (χ4v) is 4.65. The van der Waals surface area contributed by atoms with Crippen molar-refractivity contribution in [2.24, 2.45) is 10.4 Å². The molecule has 1 heterocycles. The van der Waals surface area contributed by atoms with Crippen LogP contribution < -0.4 is 16.0 Å². The molecule has 7 heteroatoms. The van der Waals surface area contributed by atoms with E-state index in [1.165, 1.54) is 32.1 Å². The van der Waals surface area contributed by atoms with Gasteiger partial charge in [-0.1, -0.05) is 19.3 Å². The maximum Gasteiger partial charge on any atom is 0.220 e. The second-order valence-electron chi connectivity index (χ2n) is 7.43. The Balaban J connectivity index is 0.00000225. The third kappa shape index (κ3) is 4.59. The number of carbonyl (C=O) groups is 1. The molecule has 1 spiro atoms. The number of amides is 1. The van der Waals surface area contributed by atoms with Crippen LogP contribution in [0.5, 0.6) is 0 Å². The molecule has 0 aromatic heterocycles. The molecule has 25 heavy (non-hydrogen) atoms. The lowest BCUT2D eigenvalue weighted by atomic mass is 9.55. The van der Waals surface area contributed by atoms with Crippen molar-refractivity contribution in [1.29, 1.82) is 0 Å². The van der Waals surface area contributed by atoms with Crippen LogP contribution in [0.2, 0.25) is 0 Å². The van der Waals surface area contributed by atoms with Gasteiger partial charge >= 0.3 is 0 Å². The van der Waals surface area contributed by atoms with E-state index in [1.54, 1.807) is 0 Å². The fourth-order valence-electron chi connectivity index (χ4n) is 4.65. The number of carbonyl (C=O) groups excluding carboxylic acids is 1. The van der Waals surface area contributed by atoms with Crippen LogP contribution in [0.4, 0.5) is 0 Å². The van der Waals surface area contributed by atoms with E-state index in [9.17, 15) is 4.79 Å². The molecule has 6 nitrogen and oxygen atoms in total. The van der Waals surface area contributed by atoms with Gasteiger partial charge in [0.05, 0.1) is 6.10 Å². The lowest BCUT2D eigenvalue weighted by Gasteiger charge is -2.58. The van der Waals surface area contributed by atoms with Crippen molar-refractivity contribution in [3.8, 4) is 0 Å². The molecule has 1 aliphatic heterocycles. The first kappa shape index (κ1) is 20.7. The van der Waals surface area contributed by atoms with Gasteiger partial charge in [0.15, 0.2) is 5.96 Å². The van der Waals surface area contributed by atoms with Crippen molar-refractivity contribution in [2.75, 3.05) is 20.2 Å². The smallest absolute Gasteiger partial charge is 0.220 e. The third-order valence-corrected chi connectivity index (χ3v) is 6.08. The summed E-state index contributed by atoms with van der Waals surface area (Å²) >= 11 is 0. The third-order valence-electron chi connectivity index (χ3n) is 6.08. The number of piperidine rings is 1. The minimum absolute atomic E-state index is 0. The predicted octanol–water partition coefficient (Wildman–Crippen LogP) is 2.18. The number of aliphatic imine (C=N–C) groups is 1. The van der Waals surface area contributed by atoms with Crippen LogP contribution in [-0.4, -0.2) is 50.3 Å².